The molecule has 0 aliphatic carbocycles. The highest BCUT2D eigenvalue weighted by atomic mass is 19.4. The average molecular weight is 283 g/mol. The van der Waals surface area contributed by atoms with E-state index in [1.54, 1.807) is 0 Å². The summed E-state index contributed by atoms with van der Waals surface area (Å²) in [5, 5.41) is 0. The van der Waals surface area contributed by atoms with Crippen molar-refractivity contribution in [2.75, 3.05) is 18.0 Å². The Bertz CT molecular complexity index is 468. The van der Waals surface area contributed by atoms with E-state index in [0.717, 1.165) is 17.0 Å². The zero-order valence-corrected chi connectivity index (χ0v) is 9.78. The van der Waals surface area contributed by atoms with Gasteiger partial charge in [-0.1, -0.05) is 6.07 Å². The number of piperidine rings is 1. The number of anilines is 1. The Morgan fingerprint density at radius 3 is 2.42 bits per heavy atom. The lowest BCUT2D eigenvalue weighted by Crippen LogP contribution is -2.43. The predicted octanol–water partition coefficient (Wildman–Crippen LogP) is 4.08. The van der Waals surface area contributed by atoms with Crippen molar-refractivity contribution >= 4 is 5.69 Å². The van der Waals surface area contributed by atoms with Gasteiger partial charge in [0, 0.05) is 13.0 Å². The summed E-state index contributed by atoms with van der Waals surface area (Å²) in [6.07, 6.45) is -5.14. The molecule has 1 aliphatic rings. The van der Waals surface area contributed by atoms with Crippen LogP contribution in [0.1, 0.15) is 18.4 Å². The number of benzene rings is 1. The van der Waals surface area contributed by atoms with Crippen LogP contribution in [0.5, 0.6) is 0 Å². The lowest BCUT2D eigenvalue weighted by Gasteiger charge is -2.35. The summed E-state index contributed by atoms with van der Waals surface area (Å²) < 4.78 is 78.5. The molecule has 1 nitrogen and oxygen atoms in total. The predicted molar refractivity (Wildman–Crippen MR) is 57.8 cm³/mol. The van der Waals surface area contributed by atoms with E-state index in [1.807, 2.05) is 0 Å². The molecule has 1 aromatic carbocycles. The minimum absolute atomic E-state index is 0.0143. The van der Waals surface area contributed by atoms with Gasteiger partial charge in [-0.3, -0.25) is 0 Å². The zero-order valence-electron chi connectivity index (χ0n) is 9.78. The second-order valence-electron chi connectivity index (χ2n) is 4.51. The summed E-state index contributed by atoms with van der Waals surface area (Å²) in [6, 6.07) is 2.46. The third kappa shape index (κ3) is 2.96. The van der Waals surface area contributed by atoms with Crippen molar-refractivity contribution in [2.24, 2.45) is 0 Å². The minimum atomic E-state index is -4.77. The molecule has 2 rings (SSSR count). The molecule has 0 aromatic heterocycles. The molecule has 1 heterocycles. The molecule has 1 saturated heterocycles. The standard InChI is InChI=1S/C12H11F6N/c13-9-4-1-3-8(12(16,17)18)10(9)19-6-2-5-11(14,15)7-19/h1,3-4H,2,5-7H2. The van der Waals surface area contributed by atoms with Gasteiger partial charge in [-0.15, -0.1) is 0 Å². The molecule has 106 valence electrons. The topological polar surface area (TPSA) is 3.24 Å². The molecular weight excluding hydrogens is 272 g/mol. The number of hydrogen-bond acceptors (Lipinski definition) is 1. The maximum Gasteiger partial charge on any atom is 0.418 e. The van der Waals surface area contributed by atoms with Gasteiger partial charge in [0.25, 0.3) is 5.92 Å². The highest BCUT2D eigenvalue weighted by molar-refractivity contribution is 5.56. The van der Waals surface area contributed by atoms with Gasteiger partial charge in [-0.25, -0.2) is 13.2 Å². The molecule has 0 bridgehead atoms. The van der Waals surface area contributed by atoms with Crippen molar-refractivity contribution in [1.82, 2.24) is 0 Å². The molecule has 1 aromatic rings. The second kappa shape index (κ2) is 4.61. The number of nitrogens with zero attached hydrogens (tertiary/aromatic N) is 1. The highest BCUT2D eigenvalue weighted by Crippen LogP contribution is 2.40. The van der Waals surface area contributed by atoms with Crippen LogP contribution in [0.3, 0.4) is 0 Å². The Morgan fingerprint density at radius 1 is 1.16 bits per heavy atom. The second-order valence-corrected chi connectivity index (χ2v) is 4.51. The normalized spacial score (nSPS) is 19.6. The van der Waals surface area contributed by atoms with Gasteiger partial charge in [0.15, 0.2) is 0 Å². The largest absolute Gasteiger partial charge is 0.418 e. The molecule has 0 spiro atoms. The lowest BCUT2D eigenvalue weighted by atomic mass is 10.0. The number of halogens is 6. The smallest absolute Gasteiger partial charge is 0.363 e. The van der Waals surface area contributed by atoms with E-state index in [9.17, 15) is 26.3 Å². The summed E-state index contributed by atoms with van der Waals surface area (Å²) >= 11 is 0. The fraction of sp³-hybridized carbons (Fsp3) is 0.500. The van der Waals surface area contributed by atoms with Gasteiger partial charge >= 0.3 is 6.18 Å². The SMILES string of the molecule is Fc1cccc(C(F)(F)F)c1N1CCCC(F)(F)C1. The third-order valence-corrected chi connectivity index (χ3v) is 3.00. The Balaban J connectivity index is 2.44. The van der Waals surface area contributed by atoms with Gasteiger partial charge in [0.1, 0.15) is 5.82 Å². The van der Waals surface area contributed by atoms with Crippen molar-refractivity contribution in [2.45, 2.75) is 24.9 Å². The van der Waals surface area contributed by atoms with Crippen LogP contribution in [0.15, 0.2) is 18.2 Å². The molecule has 7 heteroatoms. The van der Waals surface area contributed by atoms with Gasteiger partial charge in [0.2, 0.25) is 0 Å². The summed E-state index contributed by atoms with van der Waals surface area (Å²) in [5.74, 6) is -4.23. The molecule has 0 radical (unpaired) electrons. The van der Waals surface area contributed by atoms with E-state index >= 15 is 0 Å². The van der Waals surface area contributed by atoms with E-state index in [0.29, 0.717) is 6.07 Å². The Hall–Kier alpha value is -1.40. The molecule has 0 N–H and O–H groups in total. The number of alkyl halides is 5. The van der Waals surface area contributed by atoms with E-state index in [2.05, 4.69) is 0 Å². The molecule has 1 fully saturated rings. The van der Waals surface area contributed by atoms with Crippen LogP contribution in [-0.2, 0) is 6.18 Å². The first-order chi connectivity index (χ1) is 8.71. The quantitative estimate of drug-likeness (QED) is 0.702. The van der Waals surface area contributed by atoms with Gasteiger partial charge in [0.05, 0.1) is 17.8 Å². The number of hydrogen-bond donors (Lipinski definition) is 0. The Kier molecular flexibility index (Phi) is 3.40. The summed E-state index contributed by atoms with van der Waals surface area (Å²) in [7, 11) is 0. The van der Waals surface area contributed by atoms with Crippen molar-refractivity contribution in [1.29, 1.82) is 0 Å². The summed E-state index contributed by atoms with van der Waals surface area (Å²) in [4.78, 5) is 0.779. The number of para-hydroxylation sites is 1. The van der Waals surface area contributed by atoms with E-state index in [-0.39, 0.29) is 19.4 Å². The Labute approximate surface area is 105 Å². The maximum absolute atomic E-state index is 13.6. The van der Waals surface area contributed by atoms with Crippen molar-refractivity contribution in [3.63, 3.8) is 0 Å². The van der Waals surface area contributed by atoms with E-state index in [4.69, 9.17) is 0 Å². The van der Waals surface area contributed by atoms with Crippen LogP contribution >= 0.6 is 0 Å². The first kappa shape index (κ1) is 14.0. The lowest BCUT2D eigenvalue weighted by molar-refractivity contribution is -0.137. The number of rotatable bonds is 1. The molecular formula is C12H11F6N. The van der Waals surface area contributed by atoms with E-state index < -0.39 is 35.7 Å². The fourth-order valence-electron chi connectivity index (χ4n) is 2.22. The Morgan fingerprint density at radius 2 is 1.84 bits per heavy atom. The molecule has 0 amide bonds. The molecule has 0 unspecified atom stereocenters. The van der Waals surface area contributed by atoms with Gasteiger partial charge < -0.3 is 4.90 Å². The minimum Gasteiger partial charge on any atom is -0.363 e. The van der Waals surface area contributed by atoms with Gasteiger partial charge in [-0.05, 0) is 18.6 Å². The van der Waals surface area contributed by atoms with Crippen LogP contribution in [0.4, 0.5) is 32.0 Å². The van der Waals surface area contributed by atoms with Crippen LogP contribution in [0.2, 0.25) is 0 Å². The van der Waals surface area contributed by atoms with Crippen molar-refractivity contribution in [3.05, 3.63) is 29.6 Å². The van der Waals surface area contributed by atoms with Crippen LogP contribution in [-0.4, -0.2) is 19.0 Å². The molecule has 0 saturated carbocycles. The van der Waals surface area contributed by atoms with Crippen LogP contribution in [0.25, 0.3) is 0 Å². The van der Waals surface area contributed by atoms with Crippen molar-refractivity contribution in [3.8, 4) is 0 Å². The summed E-state index contributed by atoms with van der Waals surface area (Å²) in [6.45, 7) is -0.906. The van der Waals surface area contributed by atoms with Crippen molar-refractivity contribution < 1.29 is 26.3 Å². The summed E-state index contributed by atoms with van der Waals surface area (Å²) in [5.41, 5.74) is -2.00. The molecule has 1 aliphatic heterocycles. The average Bonchev–Trinajstić information content (AvgIpc) is 2.26. The molecule has 0 atom stereocenters. The fourth-order valence-corrected chi connectivity index (χ4v) is 2.22. The zero-order chi connectivity index (χ0) is 14.3. The van der Waals surface area contributed by atoms with Crippen LogP contribution in [0, 0.1) is 5.82 Å². The monoisotopic (exact) mass is 283 g/mol. The van der Waals surface area contributed by atoms with Crippen LogP contribution < -0.4 is 4.90 Å². The first-order valence-electron chi connectivity index (χ1n) is 5.69. The highest BCUT2D eigenvalue weighted by Gasteiger charge is 2.41. The third-order valence-electron chi connectivity index (χ3n) is 3.00. The first-order valence-corrected chi connectivity index (χ1v) is 5.69. The van der Waals surface area contributed by atoms with Gasteiger partial charge in [-0.2, -0.15) is 13.2 Å². The molecule has 19 heavy (non-hydrogen) atoms. The van der Waals surface area contributed by atoms with E-state index in [1.165, 1.54) is 0 Å². The maximum atomic E-state index is 13.6.